The first-order valence-electron chi connectivity index (χ1n) is 6.99. The summed E-state index contributed by atoms with van der Waals surface area (Å²) in [5.74, 6) is 0.694. The number of para-hydroxylation sites is 1. The Morgan fingerprint density at radius 1 is 1.42 bits per heavy atom. The predicted molar refractivity (Wildman–Crippen MR) is 81.0 cm³/mol. The Morgan fingerprint density at radius 2 is 2.26 bits per heavy atom. The van der Waals surface area contributed by atoms with Gasteiger partial charge in [-0.25, -0.2) is 0 Å². The average Bonchev–Trinajstić information content (AvgIpc) is 2.42. The molecule has 1 atom stereocenters. The molecule has 0 aromatic heterocycles. The van der Waals surface area contributed by atoms with Crippen molar-refractivity contribution in [3.8, 4) is 0 Å². The van der Waals surface area contributed by atoms with E-state index in [2.05, 4.69) is 10.2 Å². The molecule has 1 heterocycles. The van der Waals surface area contributed by atoms with Crippen molar-refractivity contribution in [2.24, 2.45) is 5.92 Å². The Bertz CT molecular complexity index is 384. The van der Waals surface area contributed by atoms with Crippen LogP contribution in [0, 0.1) is 5.92 Å². The van der Waals surface area contributed by atoms with Gasteiger partial charge in [-0.3, -0.25) is 0 Å². The van der Waals surface area contributed by atoms with Crippen LogP contribution in [0.2, 0.25) is 5.02 Å². The van der Waals surface area contributed by atoms with E-state index in [0.29, 0.717) is 5.92 Å². The first kappa shape index (κ1) is 14.6. The van der Waals surface area contributed by atoms with E-state index in [9.17, 15) is 0 Å². The molecule has 1 aromatic rings. The van der Waals surface area contributed by atoms with Gasteiger partial charge in [-0.1, -0.05) is 23.7 Å². The number of hydrogen-bond acceptors (Lipinski definition) is 3. The maximum atomic E-state index is 6.12. The number of rotatable bonds is 6. The van der Waals surface area contributed by atoms with Crippen molar-refractivity contribution in [2.75, 3.05) is 45.2 Å². The minimum atomic E-state index is 0.694. The van der Waals surface area contributed by atoms with Gasteiger partial charge in [0, 0.05) is 26.7 Å². The normalized spacial score (nSPS) is 20.4. The standard InChI is InChI=1S/C15H23ClN2O/c1-19-12-13-5-4-9-18(11-13)10-8-17-15-7-3-2-6-14(15)16/h2-3,6-7,13,17H,4-5,8-12H2,1H3. The van der Waals surface area contributed by atoms with Crippen LogP contribution in [0.4, 0.5) is 5.69 Å². The molecular weight excluding hydrogens is 260 g/mol. The quantitative estimate of drug-likeness (QED) is 0.868. The number of benzene rings is 1. The lowest BCUT2D eigenvalue weighted by Crippen LogP contribution is -2.39. The molecular formula is C15H23ClN2O. The number of methoxy groups -OCH3 is 1. The van der Waals surface area contributed by atoms with Gasteiger partial charge in [0.25, 0.3) is 0 Å². The van der Waals surface area contributed by atoms with E-state index in [0.717, 1.165) is 37.0 Å². The summed E-state index contributed by atoms with van der Waals surface area (Å²) in [4.78, 5) is 2.51. The molecule has 0 spiro atoms. The number of hydrogen-bond donors (Lipinski definition) is 1. The van der Waals surface area contributed by atoms with Crippen LogP contribution in [0.15, 0.2) is 24.3 Å². The van der Waals surface area contributed by atoms with Gasteiger partial charge in [-0.15, -0.1) is 0 Å². The maximum Gasteiger partial charge on any atom is 0.0637 e. The summed E-state index contributed by atoms with van der Waals surface area (Å²) in [6, 6.07) is 7.89. The van der Waals surface area contributed by atoms with Gasteiger partial charge in [0.1, 0.15) is 0 Å². The lowest BCUT2D eigenvalue weighted by molar-refractivity contribution is 0.0926. The molecule has 0 saturated carbocycles. The Labute approximate surface area is 120 Å². The van der Waals surface area contributed by atoms with Gasteiger partial charge < -0.3 is 15.0 Å². The predicted octanol–water partition coefficient (Wildman–Crippen LogP) is 3.11. The van der Waals surface area contributed by atoms with Crippen LogP contribution in [0.25, 0.3) is 0 Å². The van der Waals surface area contributed by atoms with E-state index in [1.807, 2.05) is 24.3 Å². The lowest BCUT2D eigenvalue weighted by Gasteiger charge is -2.32. The number of anilines is 1. The van der Waals surface area contributed by atoms with E-state index in [4.69, 9.17) is 16.3 Å². The van der Waals surface area contributed by atoms with E-state index in [1.54, 1.807) is 7.11 Å². The van der Waals surface area contributed by atoms with Gasteiger partial charge in [-0.05, 0) is 37.4 Å². The van der Waals surface area contributed by atoms with Crippen molar-refractivity contribution < 1.29 is 4.74 Å². The number of nitrogens with zero attached hydrogens (tertiary/aromatic N) is 1. The molecule has 106 valence electrons. The summed E-state index contributed by atoms with van der Waals surface area (Å²) in [6.45, 7) is 5.23. The van der Waals surface area contributed by atoms with Gasteiger partial charge in [0.15, 0.2) is 0 Å². The summed E-state index contributed by atoms with van der Waals surface area (Å²) in [7, 11) is 1.79. The topological polar surface area (TPSA) is 24.5 Å². The fourth-order valence-corrected chi connectivity index (χ4v) is 2.88. The van der Waals surface area contributed by atoms with E-state index >= 15 is 0 Å². The van der Waals surface area contributed by atoms with Crippen LogP contribution in [-0.2, 0) is 4.74 Å². The summed E-state index contributed by atoms with van der Waals surface area (Å²) in [5, 5.41) is 4.19. The highest BCUT2D eigenvalue weighted by Gasteiger charge is 2.19. The average molecular weight is 283 g/mol. The summed E-state index contributed by atoms with van der Waals surface area (Å²) >= 11 is 6.12. The lowest BCUT2D eigenvalue weighted by atomic mass is 9.99. The highest BCUT2D eigenvalue weighted by atomic mass is 35.5. The number of halogens is 1. The molecule has 1 aliphatic heterocycles. The minimum absolute atomic E-state index is 0.694. The molecule has 0 radical (unpaired) electrons. The SMILES string of the molecule is COCC1CCCN(CCNc2ccccc2Cl)C1. The summed E-state index contributed by atoms with van der Waals surface area (Å²) < 4.78 is 5.26. The third kappa shape index (κ3) is 4.68. The smallest absolute Gasteiger partial charge is 0.0637 e. The van der Waals surface area contributed by atoms with Gasteiger partial charge >= 0.3 is 0 Å². The molecule has 1 aliphatic rings. The molecule has 1 unspecified atom stereocenters. The van der Waals surface area contributed by atoms with E-state index < -0.39 is 0 Å². The number of likely N-dealkylation sites (tertiary alicyclic amines) is 1. The zero-order valence-electron chi connectivity index (χ0n) is 11.6. The number of ether oxygens (including phenoxy) is 1. The van der Waals surface area contributed by atoms with Crippen LogP contribution < -0.4 is 5.32 Å². The third-order valence-electron chi connectivity index (χ3n) is 3.62. The molecule has 1 fully saturated rings. The molecule has 1 N–H and O–H groups in total. The Hall–Kier alpha value is -0.770. The fourth-order valence-electron chi connectivity index (χ4n) is 2.68. The monoisotopic (exact) mass is 282 g/mol. The highest BCUT2D eigenvalue weighted by Crippen LogP contribution is 2.20. The van der Waals surface area contributed by atoms with Gasteiger partial charge in [0.05, 0.1) is 17.3 Å². The molecule has 0 amide bonds. The first-order valence-corrected chi connectivity index (χ1v) is 7.37. The van der Waals surface area contributed by atoms with Crippen LogP contribution in [-0.4, -0.2) is 44.8 Å². The second-order valence-corrected chi connectivity index (χ2v) is 5.58. The molecule has 2 rings (SSSR count). The minimum Gasteiger partial charge on any atom is -0.384 e. The van der Waals surface area contributed by atoms with E-state index in [1.165, 1.54) is 19.4 Å². The third-order valence-corrected chi connectivity index (χ3v) is 3.95. The summed E-state index contributed by atoms with van der Waals surface area (Å²) in [5.41, 5.74) is 1.02. The van der Waals surface area contributed by atoms with Crippen LogP contribution >= 0.6 is 11.6 Å². The van der Waals surface area contributed by atoms with Crippen LogP contribution in [0.5, 0.6) is 0 Å². The molecule has 1 aromatic carbocycles. The highest BCUT2D eigenvalue weighted by molar-refractivity contribution is 6.33. The van der Waals surface area contributed by atoms with Crippen LogP contribution in [0.1, 0.15) is 12.8 Å². The van der Waals surface area contributed by atoms with Crippen molar-refractivity contribution in [3.05, 3.63) is 29.3 Å². The van der Waals surface area contributed by atoms with Crippen molar-refractivity contribution in [1.82, 2.24) is 4.90 Å². The van der Waals surface area contributed by atoms with Crippen molar-refractivity contribution in [2.45, 2.75) is 12.8 Å². The van der Waals surface area contributed by atoms with Gasteiger partial charge in [-0.2, -0.15) is 0 Å². The van der Waals surface area contributed by atoms with Crippen molar-refractivity contribution in [3.63, 3.8) is 0 Å². The molecule has 3 nitrogen and oxygen atoms in total. The van der Waals surface area contributed by atoms with Crippen molar-refractivity contribution in [1.29, 1.82) is 0 Å². The van der Waals surface area contributed by atoms with E-state index in [-0.39, 0.29) is 0 Å². The Morgan fingerprint density at radius 3 is 3.05 bits per heavy atom. The Kier molecular flexibility index (Phi) is 5.95. The Balaban J connectivity index is 1.72. The molecule has 19 heavy (non-hydrogen) atoms. The van der Waals surface area contributed by atoms with Gasteiger partial charge in [0.2, 0.25) is 0 Å². The molecule has 4 heteroatoms. The second kappa shape index (κ2) is 7.73. The largest absolute Gasteiger partial charge is 0.384 e. The van der Waals surface area contributed by atoms with Crippen molar-refractivity contribution >= 4 is 17.3 Å². The maximum absolute atomic E-state index is 6.12. The fraction of sp³-hybridized carbons (Fsp3) is 0.600. The summed E-state index contributed by atoms with van der Waals surface area (Å²) in [6.07, 6.45) is 2.57. The molecule has 0 aliphatic carbocycles. The first-order chi connectivity index (χ1) is 9.29. The molecule has 0 bridgehead atoms. The number of nitrogens with one attached hydrogen (secondary N) is 1. The van der Waals surface area contributed by atoms with Crippen LogP contribution in [0.3, 0.4) is 0 Å². The molecule has 1 saturated heterocycles. The number of piperidine rings is 1. The zero-order valence-corrected chi connectivity index (χ0v) is 12.3. The second-order valence-electron chi connectivity index (χ2n) is 5.17. The zero-order chi connectivity index (χ0) is 13.5.